The summed E-state index contributed by atoms with van der Waals surface area (Å²) in [6, 6.07) is 5.36. The molecule has 0 aromatic heterocycles. The number of carbonyl (C=O) groups excluding carboxylic acids is 3. The zero-order chi connectivity index (χ0) is 13.8. The normalized spacial score (nSPS) is 17.6. The van der Waals surface area contributed by atoms with Gasteiger partial charge in [0.05, 0.1) is 6.61 Å². The maximum absolute atomic E-state index is 11.5. The van der Waals surface area contributed by atoms with Crippen LogP contribution >= 0.6 is 0 Å². The predicted octanol–water partition coefficient (Wildman–Crippen LogP) is 1.14. The zero-order valence-electron chi connectivity index (χ0n) is 10.2. The second-order valence-electron chi connectivity index (χ2n) is 3.87. The van der Waals surface area contributed by atoms with Gasteiger partial charge >= 0.3 is 12.1 Å². The molecule has 4 amide bonds. The standard InChI is InChI=1S/C12H13N3O4/c1-2-19-12(18)13-8-5-3-4-7(6-8)9-10(16)15-11(17)14-9/h3-6,9H,2H2,1H3,(H,13,18)(H2,14,15,16,17). The van der Waals surface area contributed by atoms with Crippen molar-refractivity contribution >= 4 is 23.7 Å². The Hall–Kier alpha value is -2.57. The van der Waals surface area contributed by atoms with Gasteiger partial charge in [0, 0.05) is 5.69 Å². The van der Waals surface area contributed by atoms with E-state index in [9.17, 15) is 14.4 Å². The van der Waals surface area contributed by atoms with Crippen LogP contribution in [0.3, 0.4) is 0 Å². The highest BCUT2D eigenvalue weighted by atomic mass is 16.5. The highest BCUT2D eigenvalue weighted by Gasteiger charge is 2.30. The van der Waals surface area contributed by atoms with E-state index in [1.54, 1.807) is 31.2 Å². The van der Waals surface area contributed by atoms with E-state index >= 15 is 0 Å². The Morgan fingerprint density at radius 2 is 2.21 bits per heavy atom. The maximum Gasteiger partial charge on any atom is 0.411 e. The van der Waals surface area contributed by atoms with Crippen molar-refractivity contribution in [3.8, 4) is 0 Å². The van der Waals surface area contributed by atoms with Crippen molar-refractivity contribution in [2.45, 2.75) is 13.0 Å². The van der Waals surface area contributed by atoms with Crippen molar-refractivity contribution in [2.75, 3.05) is 11.9 Å². The third-order valence-electron chi connectivity index (χ3n) is 2.52. The number of ether oxygens (including phenoxy) is 1. The molecule has 0 saturated carbocycles. The summed E-state index contributed by atoms with van der Waals surface area (Å²) >= 11 is 0. The zero-order valence-corrected chi connectivity index (χ0v) is 10.2. The van der Waals surface area contributed by atoms with Gasteiger partial charge in [-0.1, -0.05) is 12.1 Å². The molecule has 1 aromatic carbocycles. The number of imide groups is 1. The third-order valence-corrected chi connectivity index (χ3v) is 2.52. The minimum absolute atomic E-state index is 0.270. The average Bonchev–Trinajstić information content (AvgIpc) is 2.69. The number of nitrogens with one attached hydrogen (secondary N) is 3. The fraction of sp³-hybridized carbons (Fsp3) is 0.250. The van der Waals surface area contributed by atoms with Gasteiger partial charge in [0.15, 0.2) is 0 Å². The molecular weight excluding hydrogens is 250 g/mol. The van der Waals surface area contributed by atoms with E-state index in [-0.39, 0.29) is 6.61 Å². The van der Waals surface area contributed by atoms with Gasteiger partial charge in [0.2, 0.25) is 0 Å². The van der Waals surface area contributed by atoms with Crippen LogP contribution < -0.4 is 16.0 Å². The number of carbonyl (C=O) groups is 3. The van der Waals surface area contributed by atoms with Crippen LogP contribution in [0.25, 0.3) is 0 Å². The van der Waals surface area contributed by atoms with Crippen molar-refractivity contribution in [1.29, 1.82) is 0 Å². The molecule has 0 radical (unpaired) electrons. The summed E-state index contributed by atoms with van der Waals surface area (Å²) < 4.78 is 4.75. The maximum atomic E-state index is 11.5. The fourth-order valence-corrected chi connectivity index (χ4v) is 1.73. The molecule has 0 spiro atoms. The smallest absolute Gasteiger partial charge is 0.411 e. The van der Waals surface area contributed by atoms with Crippen LogP contribution in [-0.4, -0.2) is 24.6 Å². The molecule has 3 N–H and O–H groups in total. The van der Waals surface area contributed by atoms with Crippen LogP contribution in [0.4, 0.5) is 15.3 Å². The lowest BCUT2D eigenvalue weighted by Gasteiger charge is -2.10. The quantitative estimate of drug-likeness (QED) is 0.712. The van der Waals surface area contributed by atoms with Crippen LogP contribution in [0.1, 0.15) is 18.5 Å². The second kappa shape index (κ2) is 5.38. The summed E-state index contributed by atoms with van der Waals surface area (Å²) in [4.78, 5) is 33.8. The van der Waals surface area contributed by atoms with Crippen LogP contribution in [-0.2, 0) is 9.53 Å². The van der Waals surface area contributed by atoms with Gasteiger partial charge < -0.3 is 10.1 Å². The van der Waals surface area contributed by atoms with E-state index in [2.05, 4.69) is 16.0 Å². The monoisotopic (exact) mass is 263 g/mol. The highest BCUT2D eigenvalue weighted by molar-refractivity contribution is 6.04. The van der Waals surface area contributed by atoms with Gasteiger partial charge in [-0.05, 0) is 24.6 Å². The van der Waals surface area contributed by atoms with Crippen molar-refractivity contribution < 1.29 is 19.1 Å². The number of hydrogen-bond donors (Lipinski definition) is 3. The van der Waals surface area contributed by atoms with Crippen LogP contribution in [0.15, 0.2) is 24.3 Å². The Balaban J connectivity index is 2.13. The number of rotatable bonds is 3. The van der Waals surface area contributed by atoms with Gasteiger partial charge in [-0.3, -0.25) is 15.4 Å². The Kier molecular flexibility index (Phi) is 3.65. The first-order chi connectivity index (χ1) is 9.10. The minimum atomic E-state index is -0.739. The first-order valence-corrected chi connectivity index (χ1v) is 5.75. The summed E-state index contributed by atoms with van der Waals surface area (Å²) in [5.41, 5.74) is 1.07. The lowest BCUT2D eigenvalue weighted by atomic mass is 10.1. The summed E-state index contributed by atoms with van der Waals surface area (Å²) in [6.45, 7) is 1.97. The van der Waals surface area contributed by atoms with E-state index in [0.29, 0.717) is 11.3 Å². The topological polar surface area (TPSA) is 96.5 Å². The molecular formula is C12H13N3O4. The van der Waals surface area contributed by atoms with E-state index in [1.165, 1.54) is 0 Å². The van der Waals surface area contributed by atoms with Crippen molar-refractivity contribution in [2.24, 2.45) is 0 Å². The summed E-state index contributed by atoms with van der Waals surface area (Å²) in [6.07, 6.45) is -0.570. The molecule has 100 valence electrons. The molecule has 19 heavy (non-hydrogen) atoms. The van der Waals surface area contributed by atoms with E-state index in [1.807, 2.05) is 0 Å². The molecule has 0 bridgehead atoms. The number of amides is 4. The Labute approximate surface area is 109 Å². The van der Waals surface area contributed by atoms with Crippen LogP contribution in [0.2, 0.25) is 0 Å². The molecule has 1 aromatic rings. The molecule has 1 aliphatic rings. The fourth-order valence-electron chi connectivity index (χ4n) is 1.73. The summed E-state index contributed by atoms with van der Waals surface area (Å²) in [5.74, 6) is -0.418. The van der Waals surface area contributed by atoms with Crippen LogP contribution in [0.5, 0.6) is 0 Å². The number of urea groups is 1. The number of anilines is 1. The summed E-state index contributed by atoms with van der Waals surface area (Å²) in [7, 11) is 0. The number of benzene rings is 1. The molecule has 2 rings (SSSR count). The lowest BCUT2D eigenvalue weighted by Crippen LogP contribution is -2.22. The largest absolute Gasteiger partial charge is 0.450 e. The second-order valence-corrected chi connectivity index (χ2v) is 3.87. The van der Waals surface area contributed by atoms with Gasteiger partial charge in [-0.15, -0.1) is 0 Å². The molecule has 0 aliphatic carbocycles. The number of hydrogen-bond acceptors (Lipinski definition) is 4. The Morgan fingerprint density at radius 3 is 2.84 bits per heavy atom. The molecule has 1 heterocycles. The predicted molar refractivity (Wildman–Crippen MR) is 66.5 cm³/mol. The molecule has 1 unspecified atom stereocenters. The van der Waals surface area contributed by atoms with Crippen molar-refractivity contribution in [3.05, 3.63) is 29.8 Å². The molecule has 1 atom stereocenters. The first-order valence-electron chi connectivity index (χ1n) is 5.75. The van der Waals surface area contributed by atoms with Gasteiger partial charge in [0.25, 0.3) is 5.91 Å². The SMILES string of the molecule is CCOC(=O)Nc1cccc(C2NC(=O)NC2=O)c1. The van der Waals surface area contributed by atoms with Gasteiger partial charge in [0.1, 0.15) is 6.04 Å². The molecule has 1 fully saturated rings. The molecule has 7 heteroatoms. The Morgan fingerprint density at radius 1 is 1.42 bits per heavy atom. The summed E-state index contributed by atoms with van der Waals surface area (Å²) in [5, 5.41) is 7.15. The van der Waals surface area contributed by atoms with E-state index in [0.717, 1.165) is 0 Å². The van der Waals surface area contributed by atoms with E-state index < -0.39 is 24.1 Å². The Bertz CT molecular complexity index is 529. The van der Waals surface area contributed by atoms with Crippen molar-refractivity contribution in [1.82, 2.24) is 10.6 Å². The highest BCUT2D eigenvalue weighted by Crippen LogP contribution is 2.20. The first kappa shape index (κ1) is 12.9. The lowest BCUT2D eigenvalue weighted by molar-refractivity contribution is -0.120. The molecule has 1 saturated heterocycles. The van der Waals surface area contributed by atoms with Crippen LogP contribution in [0, 0.1) is 0 Å². The molecule has 7 nitrogen and oxygen atoms in total. The molecule has 1 aliphatic heterocycles. The van der Waals surface area contributed by atoms with Gasteiger partial charge in [-0.25, -0.2) is 9.59 Å². The van der Waals surface area contributed by atoms with Gasteiger partial charge in [-0.2, -0.15) is 0 Å². The average molecular weight is 263 g/mol. The minimum Gasteiger partial charge on any atom is -0.450 e. The third kappa shape index (κ3) is 3.01. The van der Waals surface area contributed by atoms with Crippen molar-refractivity contribution in [3.63, 3.8) is 0 Å². The van der Waals surface area contributed by atoms with E-state index in [4.69, 9.17) is 4.74 Å².